The Morgan fingerprint density at radius 3 is 3.08 bits per heavy atom. The highest BCUT2D eigenvalue weighted by atomic mass is 15.1. The van der Waals surface area contributed by atoms with Crippen LogP contribution in [-0.2, 0) is 6.67 Å². The van der Waals surface area contributed by atoms with Gasteiger partial charge < -0.3 is 0 Å². The number of benzene rings is 1. The Morgan fingerprint density at radius 2 is 2.25 bits per heavy atom. The van der Waals surface area contributed by atoms with Gasteiger partial charge in [-0.3, -0.25) is 9.41 Å². The molecule has 1 aromatic carbocycles. The summed E-state index contributed by atoms with van der Waals surface area (Å²) in [4.78, 5) is 7.46. The van der Waals surface area contributed by atoms with E-state index in [-0.39, 0.29) is 0 Å². The number of para-hydroxylation sites is 2. The van der Waals surface area contributed by atoms with E-state index in [1.807, 2.05) is 28.8 Å². The van der Waals surface area contributed by atoms with Crippen molar-refractivity contribution in [2.45, 2.75) is 6.67 Å². The lowest BCUT2D eigenvalue weighted by atomic mass is 10.3. The van der Waals surface area contributed by atoms with E-state index < -0.39 is 0 Å². The first-order chi connectivity index (χ1) is 5.92. The summed E-state index contributed by atoms with van der Waals surface area (Å²) >= 11 is 0. The average molecular weight is 157 g/mol. The molecule has 0 radical (unpaired) electrons. The van der Waals surface area contributed by atoms with Crippen molar-refractivity contribution in [3.63, 3.8) is 0 Å². The first-order valence-corrected chi connectivity index (χ1v) is 3.65. The first-order valence-electron chi connectivity index (χ1n) is 3.65. The fourth-order valence-corrected chi connectivity index (χ4v) is 1.20. The molecule has 2 aromatic rings. The molecule has 0 fully saturated rings. The lowest BCUT2D eigenvalue weighted by Crippen LogP contribution is -1.89. The number of imidazole rings is 1. The minimum atomic E-state index is 0.348. The van der Waals surface area contributed by atoms with Crippen LogP contribution in [0.15, 0.2) is 30.6 Å². The molecule has 0 aliphatic carbocycles. The summed E-state index contributed by atoms with van der Waals surface area (Å²) in [6, 6.07) is 7.80. The van der Waals surface area contributed by atoms with Gasteiger partial charge in [-0.1, -0.05) is 12.1 Å². The van der Waals surface area contributed by atoms with Gasteiger partial charge in [-0.2, -0.15) is 0 Å². The largest absolute Gasteiger partial charge is 0.294 e. The van der Waals surface area contributed by atoms with Gasteiger partial charge in [0.05, 0.1) is 11.0 Å². The molecule has 3 nitrogen and oxygen atoms in total. The Balaban J connectivity index is 2.64. The minimum absolute atomic E-state index is 0.348. The van der Waals surface area contributed by atoms with Crippen molar-refractivity contribution in [3.8, 4) is 0 Å². The summed E-state index contributed by atoms with van der Waals surface area (Å²) in [6.07, 6.45) is 1.70. The van der Waals surface area contributed by atoms with E-state index in [4.69, 9.17) is 6.57 Å². The second-order valence-electron chi connectivity index (χ2n) is 2.50. The van der Waals surface area contributed by atoms with E-state index in [9.17, 15) is 0 Å². The van der Waals surface area contributed by atoms with Gasteiger partial charge in [-0.25, -0.2) is 11.6 Å². The molecule has 0 aliphatic heterocycles. The summed E-state index contributed by atoms with van der Waals surface area (Å²) in [7, 11) is 0. The Morgan fingerprint density at radius 1 is 1.42 bits per heavy atom. The van der Waals surface area contributed by atoms with Gasteiger partial charge in [-0.15, -0.1) is 0 Å². The number of aromatic nitrogens is 2. The molecule has 1 aromatic heterocycles. The SMILES string of the molecule is [C-]#[N+]Cn1cnc2ccccc21. The highest BCUT2D eigenvalue weighted by Gasteiger charge is 2.00. The zero-order chi connectivity index (χ0) is 8.39. The smallest absolute Gasteiger partial charge is 0.293 e. The molecule has 58 valence electrons. The van der Waals surface area contributed by atoms with E-state index in [0.717, 1.165) is 11.0 Å². The first kappa shape index (κ1) is 6.86. The number of rotatable bonds is 1. The molecular weight excluding hydrogens is 150 g/mol. The average Bonchev–Trinajstić information content (AvgIpc) is 2.50. The van der Waals surface area contributed by atoms with Gasteiger partial charge >= 0.3 is 0 Å². The maximum atomic E-state index is 6.73. The highest BCUT2D eigenvalue weighted by Crippen LogP contribution is 2.11. The molecule has 0 atom stereocenters. The van der Waals surface area contributed by atoms with E-state index in [2.05, 4.69) is 9.83 Å². The third-order valence-corrected chi connectivity index (χ3v) is 1.75. The Labute approximate surface area is 70.1 Å². The molecule has 2 rings (SSSR count). The van der Waals surface area contributed by atoms with Crippen molar-refractivity contribution in [3.05, 3.63) is 42.0 Å². The van der Waals surface area contributed by atoms with Crippen LogP contribution in [0.4, 0.5) is 0 Å². The number of fused-ring (bicyclic) bond motifs is 1. The molecule has 3 heteroatoms. The monoisotopic (exact) mass is 157 g/mol. The van der Waals surface area contributed by atoms with Crippen LogP contribution in [0.5, 0.6) is 0 Å². The van der Waals surface area contributed by atoms with Gasteiger partial charge in [0.25, 0.3) is 6.67 Å². The molecule has 0 bridgehead atoms. The standard InChI is InChI=1S/C9H7N3/c1-10-6-12-7-11-8-4-2-3-5-9(8)12/h2-5,7H,6H2. The molecule has 0 saturated heterocycles. The van der Waals surface area contributed by atoms with Gasteiger partial charge in [0.2, 0.25) is 0 Å². The van der Waals surface area contributed by atoms with Crippen molar-refractivity contribution in [2.24, 2.45) is 0 Å². The maximum Gasteiger partial charge on any atom is 0.294 e. The predicted octanol–water partition coefficient (Wildman–Crippen LogP) is 1.91. The maximum absolute atomic E-state index is 6.73. The number of hydrogen-bond donors (Lipinski definition) is 0. The number of nitrogens with zero attached hydrogens (tertiary/aromatic N) is 3. The summed E-state index contributed by atoms with van der Waals surface area (Å²) in [5, 5.41) is 0. The molecule has 1 heterocycles. The van der Waals surface area contributed by atoms with E-state index >= 15 is 0 Å². The van der Waals surface area contributed by atoms with Crippen LogP contribution in [0.1, 0.15) is 0 Å². The van der Waals surface area contributed by atoms with E-state index in [1.54, 1.807) is 6.33 Å². The molecule has 0 unspecified atom stereocenters. The van der Waals surface area contributed by atoms with Crippen LogP contribution in [-0.4, -0.2) is 9.55 Å². The lowest BCUT2D eigenvalue weighted by Gasteiger charge is -1.92. The Hall–Kier alpha value is -1.82. The summed E-state index contributed by atoms with van der Waals surface area (Å²) < 4.78 is 1.84. The fraction of sp³-hybridized carbons (Fsp3) is 0.111. The second-order valence-corrected chi connectivity index (χ2v) is 2.50. The quantitative estimate of drug-likeness (QED) is 0.579. The van der Waals surface area contributed by atoms with Crippen LogP contribution in [0.25, 0.3) is 15.9 Å². The molecule has 0 aliphatic rings. The molecule has 0 N–H and O–H groups in total. The summed E-state index contributed by atoms with van der Waals surface area (Å²) in [6.45, 7) is 7.08. The van der Waals surface area contributed by atoms with Crippen LogP contribution >= 0.6 is 0 Å². The zero-order valence-electron chi connectivity index (χ0n) is 6.44. The normalized spacial score (nSPS) is 9.92. The van der Waals surface area contributed by atoms with Gasteiger partial charge in [0.15, 0.2) is 0 Å². The molecule has 0 spiro atoms. The third kappa shape index (κ3) is 0.940. The topological polar surface area (TPSA) is 22.2 Å². The van der Waals surface area contributed by atoms with E-state index in [0.29, 0.717) is 6.67 Å². The summed E-state index contributed by atoms with van der Waals surface area (Å²) in [5.74, 6) is 0. The molecule has 0 saturated carbocycles. The van der Waals surface area contributed by atoms with Crippen LogP contribution in [0, 0.1) is 6.57 Å². The van der Waals surface area contributed by atoms with Crippen LogP contribution in [0.3, 0.4) is 0 Å². The van der Waals surface area contributed by atoms with Gasteiger partial charge in [0, 0.05) is 0 Å². The lowest BCUT2D eigenvalue weighted by molar-refractivity contribution is 0.845. The van der Waals surface area contributed by atoms with Crippen LogP contribution in [0.2, 0.25) is 0 Å². The second kappa shape index (κ2) is 2.67. The number of hydrogen-bond acceptors (Lipinski definition) is 1. The highest BCUT2D eigenvalue weighted by molar-refractivity contribution is 5.74. The van der Waals surface area contributed by atoms with Crippen molar-refractivity contribution < 1.29 is 0 Å². The fourth-order valence-electron chi connectivity index (χ4n) is 1.20. The summed E-state index contributed by atoms with van der Waals surface area (Å²) in [5.41, 5.74) is 1.97. The zero-order valence-corrected chi connectivity index (χ0v) is 6.44. The Kier molecular flexibility index (Phi) is 1.52. The van der Waals surface area contributed by atoms with Crippen LogP contribution < -0.4 is 0 Å². The minimum Gasteiger partial charge on any atom is -0.293 e. The van der Waals surface area contributed by atoms with Gasteiger partial charge in [0.1, 0.15) is 6.33 Å². The molecular formula is C9H7N3. The van der Waals surface area contributed by atoms with E-state index in [1.165, 1.54) is 0 Å². The third-order valence-electron chi connectivity index (χ3n) is 1.75. The van der Waals surface area contributed by atoms with Crippen molar-refractivity contribution >= 4 is 11.0 Å². The Bertz CT molecular complexity index is 436. The molecule has 0 amide bonds. The van der Waals surface area contributed by atoms with Crippen molar-refractivity contribution in [2.75, 3.05) is 0 Å². The van der Waals surface area contributed by atoms with Gasteiger partial charge in [-0.05, 0) is 12.1 Å². The van der Waals surface area contributed by atoms with Crippen molar-refractivity contribution in [1.29, 1.82) is 0 Å². The molecule has 12 heavy (non-hydrogen) atoms. The predicted molar refractivity (Wildman–Crippen MR) is 46.3 cm³/mol. The van der Waals surface area contributed by atoms with Crippen molar-refractivity contribution in [1.82, 2.24) is 9.55 Å².